The summed E-state index contributed by atoms with van der Waals surface area (Å²) in [5.74, 6) is -0.938. The first-order valence-corrected chi connectivity index (χ1v) is 11.8. The second kappa shape index (κ2) is 9.44. The highest BCUT2D eigenvalue weighted by atomic mass is 35.5. The van der Waals surface area contributed by atoms with E-state index in [1.54, 1.807) is 18.2 Å². The molecular weight excluding hydrogens is 508 g/mol. The van der Waals surface area contributed by atoms with Gasteiger partial charge < -0.3 is 5.11 Å². The number of aliphatic carboxylic acids is 1. The Hall–Kier alpha value is -2.81. The Bertz CT molecular complexity index is 1380. The van der Waals surface area contributed by atoms with Crippen LogP contribution >= 0.6 is 34.5 Å². The molecule has 4 nitrogen and oxygen atoms in total. The number of halogens is 5. The Morgan fingerprint density at radius 3 is 2.47 bits per heavy atom. The van der Waals surface area contributed by atoms with Crippen molar-refractivity contribution in [1.29, 1.82) is 0 Å². The number of hydrogen-bond donors (Lipinski definition) is 1. The molecule has 2 aromatic heterocycles. The van der Waals surface area contributed by atoms with Gasteiger partial charge in [-0.25, -0.2) is 4.68 Å². The largest absolute Gasteiger partial charge is 0.481 e. The van der Waals surface area contributed by atoms with Gasteiger partial charge in [0, 0.05) is 5.02 Å². The van der Waals surface area contributed by atoms with E-state index < -0.39 is 17.8 Å². The highest BCUT2D eigenvalue weighted by molar-refractivity contribution is 7.14. The van der Waals surface area contributed by atoms with Crippen molar-refractivity contribution in [3.63, 3.8) is 0 Å². The number of benzene rings is 2. The van der Waals surface area contributed by atoms with Gasteiger partial charge in [-0.2, -0.15) is 18.3 Å². The molecule has 10 heteroatoms. The van der Waals surface area contributed by atoms with Gasteiger partial charge in [-0.1, -0.05) is 48.3 Å². The summed E-state index contributed by atoms with van der Waals surface area (Å²) in [6.45, 7) is 1.97. The van der Waals surface area contributed by atoms with Crippen LogP contribution in [0.1, 0.15) is 23.7 Å². The third kappa shape index (κ3) is 5.14. The summed E-state index contributed by atoms with van der Waals surface area (Å²) in [6, 6.07) is 12.8. The highest BCUT2D eigenvalue weighted by Gasteiger charge is 2.35. The van der Waals surface area contributed by atoms with E-state index in [0.717, 1.165) is 27.4 Å². The van der Waals surface area contributed by atoms with Crippen LogP contribution in [0.4, 0.5) is 13.2 Å². The Morgan fingerprint density at radius 1 is 1.06 bits per heavy atom. The quantitative estimate of drug-likeness (QED) is 0.280. The van der Waals surface area contributed by atoms with E-state index in [4.69, 9.17) is 23.2 Å². The maximum absolute atomic E-state index is 13.5. The summed E-state index contributed by atoms with van der Waals surface area (Å²) in [5, 5.41) is 15.3. The van der Waals surface area contributed by atoms with Crippen LogP contribution in [0.25, 0.3) is 27.4 Å². The fourth-order valence-electron chi connectivity index (χ4n) is 3.56. The Kier molecular flexibility index (Phi) is 6.75. The predicted octanol–water partition coefficient (Wildman–Crippen LogP) is 7.78. The average Bonchev–Trinajstić information content (AvgIpc) is 3.42. The summed E-state index contributed by atoms with van der Waals surface area (Å²) in [6.07, 6.45) is -4.05. The zero-order valence-electron chi connectivity index (χ0n) is 17.7. The van der Waals surface area contributed by atoms with Crippen LogP contribution in [-0.2, 0) is 23.8 Å². The van der Waals surface area contributed by atoms with E-state index >= 15 is 0 Å². The van der Waals surface area contributed by atoms with Crippen LogP contribution in [0.2, 0.25) is 10.0 Å². The standard InChI is InChI=1S/C24H17Cl2F3N2O2S/c1-2-13-5-14(8-23(32)33)7-15(6-13)16-9-21(34-12-16)20-11-22(24(27,28)29)30-31(20)19-10-17(25)3-4-18(19)26/h3-7,9-12H,2,8H2,1H3,(H,32,33). The van der Waals surface area contributed by atoms with Crippen LogP contribution in [0.5, 0.6) is 0 Å². The molecule has 0 aliphatic heterocycles. The zero-order chi connectivity index (χ0) is 24.6. The molecule has 34 heavy (non-hydrogen) atoms. The molecule has 2 aromatic carbocycles. The monoisotopic (exact) mass is 524 g/mol. The van der Waals surface area contributed by atoms with E-state index in [1.807, 2.05) is 24.4 Å². The molecule has 0 atom stereocenters. The molecule has 0 aliphatic carbocycles. The minimum Gasteiger partial charge on any atom is -0.481 e. The Labute approximate surface area is 207 Å². The van der Waals surface area contributed by atoms with Crippen molar-refractivity contribution in [2.45, 2.75) is 25.9 Å². The number of carboxylic acids is 1. The number of carboxylic acid groups (broad SMARTS) is 1. The molecule has 176 valence electrons. The topological polar surface area (TPSA) is 55.1 Å². The van der Waals surface area contributed by atoms with Gasteiger partial charge in [-0.05, 0) is 64.4 Å². The van der Waals surface area contributed by atoms with Crippen molar-refractivity contribution in [2.75, 3.05) is 0 Å². The molecule has 0 fully saturated rings. The maximum Gasteiger partial charge on any atom is 0.435 e. The maximum atomic E-state index is 13.5. The first-order chi connectivity index (χ1) is 16.0. The van der Waals surface area contributed by atoms with E-state index in [2.05, 4.69) is 5.10 Å². The van der Waals surface area contributed by atoms with Gasteiger partial charge >= 0.3 is 12.1 Å². The molecule has 0 amide bonds. The van der Waals surface area contributed by atoms with Gasteiger partial charge in [0.15, 0.2) is 5.69 Å². The molecule has 0 radical (unpaired) electrons. The fraction of sp³-hybridized carbons (Fsp3) is 0.167. The van der Waals surface area contributed by atoms with Crippen molar-refractivity contribution >= 4 is 40.5 Å². The van der Waals surface area contributed by atoms with Crippen LogP contribution in [0.3, 0.4) is 0 Å². The molecule has 1 N–H and O–H groups in total. The van der Waals surface area contributed by atoms with Crippen LogP contribution in [0.15, 0.2) is 53.9 Å². The van der Waals surface area contributed by atoms with E-state index in [9.17, 15) is 23.1 Å². The number of carbonyl (C=O) groups is 1. The van der Waals surface area contributed by atoms with E-state index in [1.165, 1.54) is 23.5 Å². The zero-order valence-corrected chi connectivity index (χ0v) is 20.0. The molecule has 0 bridgehead atoms. The molecule has 0 saturated heterocycles. The van der Waals surface area contributed by atoms with Crippen molar-refractivity contribution in [3.8, 4) is 27.4 Å². The minimum absolute atomic E-state index is 0.118. The molecule has 0 aliphatic rings. The van der Waals surface area contributed by atoms with Crippen LogP contribution < -0.4 is 0 Å². The van der Waals surface area contributed by atoms with Gasteiger partial charge in [0.2, 0.25) is 0 Å². The van der Waals surface area contributed by atoms with Crippen molar-refractivity contribution in [2.24, 2.45) is 0 Å². The van der Waals surface area contributed by atoms with Gasteiger partial charge in [0.25, 0.3) is 0 Å². The second-order valence-electron chi connectivity index (χ2n) is 7.58. The number of aryl methyl sites for hydroxylation is 1. The summed E-state index contributed by atoms with van der Waals surface area (Å²) < 4.78 is 41.7. The lowest BCUT2D eigenvalue weighted by Gasteiger charge is -2.09. The first kappa shape index (κ1) is 24.3. The van der Waals surface area contributed by atoms with Crippen molar-refractivity contribution in [3.05, 3.63) is 80.8 Å². The Morgan fingerprint density at radius 2 is 1.79 bits per heavy atom. The molecule has 0 saturated carbocycles. The summed E-state index contributed by atoms with van der Waals surface area (Å²) in [4.78, 5) is 11.7. The minimum atomic E-state index is -4.65. The smallest absolute Gasteiger partial charge is 0.435 e. The number of alkyl halides is 3. The fourth-order valence-corrected chi connectivity index (χ4v) is 4.84. The van der Waals surface area contributed by atoms with Crippen LogP contribution in [-0.4, -0.2) is 20.9 Å². The number of hydrogen-bond acceptors (Lipinski definition) is 3. The average molecular weight is 525 g/mol. The lowest BCUT2D eigenvalue weighted by molar-refractivity contribution is -0.141. The second-order valence-corrected chi connectivity index (χ2v) is 9.34. The summed E-state index contributed by atoms with van der Waals surface area (Å²) >= 11 is 13.6. The number of rotatable bonds is 6. The predicted molar refractivity (Wildman–Crippen MR) is 128 cm³/mol. The van der Waals surface area contributed by atoms with E-state index in [-0.39, 0.29) is 22.8 Å². The van der Waals surface area contributed by atoms with Gasteiger partial charge in [0.1, 0.15) is 0 Å². The third-order valence-corrected chi connectivity index (χ3v) is 6.65. The molecule has 0 unspecified atom stereocenters. The summed E-state index contributed by atoms with van der Waals surface area (Å²) in [5.41, 5.74) is 2.57. The molecule has 2 heterocycles. The lowest BCUT2D eigenvalue weighted by Crippen LogP contribution is -2.07. The normalized spacial score (nSPS) is 11.7. The molecule has 0 spiro atoms. The highest BCUT2D eigenvalue weighted by Crippen LogP contribution is 2.39. The molecule has 4 rings (SSSR count). The summed E-state index contributed by atoms with van der Waals surface area (Å²) in [7, 11) is 0. The van der Waals surface area contributed by atoms with Gasteiger partial charge in [-0.3, -0.25) is 4.79 Å². The van der Waals surface area contributed by atoms with Crippen LogP contribution in [0, 0.1) is 0 Å². The van der Waals surface area contributed by atoms with Crippen molar-refractivity contribution < 1.29 is 23.1 Å². The SMILES string of the molecule is CCc1cc(CC(=O)O)cc(-c2csc(-c3cc(C(F)(F)F)nn3-c3cc(Cl)ccc3Cl)c2)c1. The van der Waals surface area contributed by atoms with Gasteiger partial charge in [-0.15, -0.1) is 11.3 Å². The first-order valence-electron chi connectivity index (χ1n) is 10.1. The third-order valence-electron chi connectivity index (χ3n) is 5.14. The Balaban J connectivity index is 1.83. The number of nitrogens with zero attached hydrogens (tertiary/aromatic N) is 2. The number of thiophene rings is 1. The molecule has 4 aromatic rings. The number of aromatic nitrogens is 2. The van der Waals surface area contributed by atoms with Gasteiger partial charge in [0.05, 0.1) is 27.7 Å². The molecular formula is C24H17Cl2F3N2O2S. The lowest BCUT2D eigenvalue weighted by atomic mass is 9.98. The van der Waals surface area contributed by atoms with E-state index in [0.29, 0.717) is 21.9 Å². The van der Waals surface area contributed by atoms with Crippen molar-refractivity contribution in [1.82, 2.24) is 9.78 Å².